The summed E-state index contributed by atoms with van der Waals surface area (Å²) in [6.45, 7) is 2.38. The summed E-state index contributed by atoms with van der Waals surface area (Å²) in [6.07, 6.45) is 0.649. The highest BCUT2D eigenvalue weighted by Gasteiger charge is 2.22. The molecule has 1 aromatic carbocycles. The van der Waals surface area contributed by atoms with E-state index in [-0.39, 0.29) is 12.4 Å². The van der Waals surface area contributed by atoms with Gasteiger partial charge in [0, 0.05) is 19.4 Å². The van der Waals surface area contributed by atoms with E-state index in [4.69, 9.17) is 4.74 Å². The third-order valence-corrected chi connectivity index (χ3v) is 2.48. The lowest BCUT2D eigenvalue weighted by Gasteiger charge is -2.29. The van der Waals surface area contributed by atoms with Crippen molar-refractivity contribution in [2.75, 3.05) is 25.6 Å². The van der Waals surface area contributed by atoms with Gasteiger partial charge >= 0.3 is 0 Å². The minimum atomic E-state index is -0.496. The van der Waals surface area contributed by atoms with Gasteiger partial charge in [0.25, 0.3) is 0 Å². The van der Waals surface area contributed by atoms with E-state index in [2.05, 4.69) is 5.32 Å². The van der Waals surface area contributed by atoms with Gasteiger partial charge in [-0.3, -0.25) is 0 Å². The first kappa shape index (κ1) is 12.9. The van der Waals surface area contributed by atoms with E-state index in [9.17, 15) is 9.50 Å². The molecule has 0 saturated carbocycles. The van der Waals surface area contributed by atoms with E-state index in [1.54, 1.807) is 19.2 Å². The molecule has 0 bridgehead atoms. The van der Waals surface area contributed by atoms with Gasteiger partial charge in [-0.25, -0.2) is 4.39 Å². The maximum absolute atomic E-state index is 13.0. The molecule has 0 saturated heterocycles. The minimum absolute atomic E-state index is 0.0348. The number of hydrogen-bond acceptors (Lipinski definition) is 3. The summed E-state index contributed by atoms with van der Waals surface area (Å²) in [7, 11) is 1.61. The van der Waals surface area contributed by atoms with Crippen molar-refractivity contribution < 1.29 is 14.2 Å². The van der Waals surface area contributed by atoms with E-state index in [1.807, 2.05) is 6.92 Å². The monoisotopic (exact) mass is 227 g/mol. The number of ether oxygens (including phenoxy) is 1. The van der Waals surface area contributed by atoms with Gasteiger partial charge in [-0.2, -0.15) is 0 Å². The van der Waals surface area contributed by atoms with Crippen LogP contribution in [0.2, 0.25) is 0 Å². The normalized spacial score (nSPS) is 14.5. The van der Waals surface area contributed by atoms with Crippen molar-refractivity contribution in [2.45, 2.75) is 18.9 Å². The molecule has 0 amide bonds. The van der Waals surface area contributed by atoms with E-state index >= 15 is 0 Å². The van der Waals surface area contributed by atoms with Gasteiger partial charge in [-0.05, 0) is 31.5 Å². The average molecular weight is 227 g/mol. The van der Waals surface area contributed by atoms with Gasteiger partial charge in [0.05, 0.1) is 12.1 Å². The predicted octanol–water partition coefficient (Wildman–Crippen LogP) is 2.03. The van der Waals surface area contributed by atoms with Crippen LogP contribution in [-0.4, -0.2) is 31.0 Å². The Kier molecular flexibility index (Phi) is 4.71. The highest BCUT2D eigenvalue weighted by atomic mass is 19.1. The maximum Gasteiger partial charge on any atom is 0.125 e. The SMILES string of the molecule is COCCC(C)(CO)Nc1cccc(F)c1. The quantitative estimate of drug-likeness (QED) is 0.781. The van der Waals surface area contributed by atoms with Crippen LogP contribution in [0.4, 0.5) is 10.1 Å². The largest absolute Gasteiger partial charge is 0.394 e. The molecule has 0 aliphatic rings. The van der Waals surface area contributed by atoms with Crippen LogP contribution >= 0.6 is 0 Å². The van der Waals surface area contributed by atoms with Crippen LogP contribution in [0.3, 0.4) is 0 Å². The summed E-state index contributed by atoms with van der Waals surface area (Å²) in [5.41, 5.74) is 0.164. The first-order valence-electron chi connectivity index (χ1n) is 5.23. The zero-order valence-electron chi connectivity index (χ0n) is 9.66. The number of rotatable bonds is 6. The minimum Gasteiger partial charge on any atom is -0.394 e. The number of methoxy groups -OCH3 is 1. The van der Waals surface area contributed by atoms with Crippen molar-refractivity contribution in [2.24, 2.45) is 0 Å². The smallest absolute Gasteiger partial charge is 0.125 e. The van der Waals surface area contributed by atoms with Crippen molar-refractivity contribution in [1.82, 2.24) is 0 Å². The number of anilines is 1. The molecular weight excluding hydrogens is 209 g/mol. The molecule has 3 nitrogen and oxygen atoms in total. The molecule has 4 heteroatoms. The second-order valence-corrected chi connectivity index (χ2v) is 4.10. The Morgan fingerprint density at radius 2 is 2.25 bits per heavy atom. The van der Waals surface area contributed by atoms with Crippen molar-refractivity contribution in [1.29, 1.82) is 0 Å². The summed E-state index contributed by atoms with van der Waals surface area (Å²) in [5.74, 6) is -0.294. The fourth-order valence-corrected chi connectivity index (χ4v) is 1.42. The van der Waals surface area contributed by atoms with Crippen molar-refractivity contribution in [3.8, 4) is 0 Å². The molecular formula is C12H18FNO2. The summed E-state index contributed by atoms with van der Waals surface area (Å²) in [4.78, 5) is 0. The Morgan fingerprint density at radius 3 is 2.81 bits per heavy atom. The van der Waals surface area contributed by atoms with E-state index in [0.717, 1.165) is 0 Å². The van der Waals surface area contributed by atoms with Gasteiger partial charge in [0.1, 0.15) is 5.82 Å². The first-order valence-corrected chi connectivity index (χ1v) is 5.23. The van der Waals surface area contributed by atoms with E-state index < -0.39 is 5.54 Å². The highest BCUT2D eigenvalue weighted by molar-refractivity contribution is 5.45. The molecule has 0 fully saturated rings. The highest BCUT2D eigenvalue weighted by Crippen LogP contribution is 2.19. The van der Waals surface area contributed by atoms with Crippen molar-refractivity contribution in [3.63, 3.8) is 0 Å². The molecule has 0 spiro atoms. The Morgan fingerprint density at radius 1 is 1.50 bits per heavy atom. The molecule has 0 aromatic heterocycles. The van der Waals surface area contributed by atoms with Crippen LogP contribution in [0.5, 0.6) is 0 Å². The number of benzene rings is 1. The van der Waals surface area contributed by atoms with E-state index in [1.165, 1.54) is 12.1 Å². The van der Waals surface area contributed by atoms with Crippen LogP contribution < -0.4 is 5.32 Å². The summed E-state index contributed by atoms with van der Waals surface area (Å²) >= 11 is 0. The van der Waals surface area contributed by atoms with Crippen LogP contribution in [0.15, 0.2) is 24.3 Å². The topological polar surface area (TPSA) is 41.5 Å². The summed E-state index contributed by atoms with van der Waals surface area (Å²) < 4.78 is 17.9. The fourth-order valence-electron chi connectivity index (χ4n) is 1.42. The predicted molar refractivity (Wildman–Crippen MR) is 62.0 cm³/mol. The molecule has 0 aliphatic carbocycles. The second kappa shape index (κ2) is 5.82. The molecule has 1 atom stereocenters. The molecule has 0 radical (unpaired) electrons. The lowest BCUT2D eigenvalue weighted by molar-refractivity contribution is 0.146. The van der Waals surface area contributed by atoms with E-state index in [0.29, 0.717) is 18.7 Å². The standard InChI is InChI=1S/C12H18FNO2/c1-12(9-15,6-7-16-2)14-11-5-3-4-10(13)8-11/h3-5,8,14-15H,6-7,9H2,1-2H3. The Bertz CT molecular complexity index is 333. The van der Waals surface area contributed by atoms with Gasteiger partial charge in [-0.15, -0.1) is 0 Å². The number of aliphatic hydroxyl groups is 1. The molecule has 90 valence electrons. The van der Waals surface area contributed by atoms with Crippen LogP contribution in [-0.2, 0) is 4.74 Å². The Hall–Kier alpha value is -1.13. The molecule has 1 unspecified atom stereocenters. The van der Waals surface area contributed by atoms with Crippen LogP contribution in [0.1, 0.15) is 13.3 Å². The Balaban J connectivity index is 2.68. The number of aliphatic hydroxyl groups excluding tert-OH is 1. The molecule has 16 heavy (non-hydrogen) atoms. The van der Waals surface area contributed by atoms with Crippen LogP contribution in [0, 0.1) is 5.82 Å². The van der Waals surface area contributed by atoms with Gasteiger partial charge in [-0.1, -0.05) is 6.07 Å². The first-order chi connectivity index (χ1) is 7.59. The lowest BCUT2D eigenvalue weighted by Crippen LogP contribution is -2.39. The molecule has 0 aliphatic heterocycles. The molecule has 1 rings (SSSR count). The van der Waals surface area contributed by atoms with Gasteiger partial charge in [0.2, 0.25) is 0 Å². The third kappa shape index (κ3) is 3.79. The van der Waals surface area contributed by atoms with Gasteiger partial charge in [0.15, 0.2) is 0 Å². The summed E-state index contributed by atoms with van der Waals surface area (Å²) in [6, 6.07) is 6.19. The van der Waals surface area contributed by atoms with Crippen LogP contribution in [0.25, 0.3) is 0 Å². The Labute approximate surface area is 95.2 Å². The number of halogens is 1. The van der Waals surface area contributed by atoms with Crippen molar-refractivity contribution in [3.05, 3.63) is 30.1 Å². The lowest BCUT2D eigenvalue weighted by atomic mass is 9.99. The molecule has 1 aromatic rings. The zero-order chi connectivity index (χ0) is 12.0. The number of nitrogens with one attached hydrogen (secondary N) is 1. The number of hydrogen-bond donors (Lipinski definition) is 2. The average Bonchev–Trinajstić information content (AvgIpc) is 2.26. The molecule has 0 heterocycles. The third-order valence-electron chi connectivity index (χ3n) is 2.48. The van der Waals surface area contributed by atoms with Crippen molar-refractivity contribution >= 4 is 5.69 Å². The maximum atomic E-state index is 13.0. The fraction of sp³-hybridized carbons (Fsp3) is 0.500. The second-order valence-electron chi connectivity index (χ2n) is 4.10. The zero-order valence-corrected chi connectivity index (χ0v) is 9.66. The molecule has 2 N–H and O–H groups in total. The summed E-state index contributed by atoms with van der Waals surface area (Å²) in [5, 5.41) is 12.4. The van der Waals surface area contributed by atoms with Gasteiger partial charge < -0.3 is 15.2 Å².